The molecule has 1 aromatic carbocycles. The van der Waals surface area contributed by atoms with Gasteiger partial charge in [-0.25, -0.2) is 0 Å². The van der Waals surface area contributed by atoms with Crippen LogP contribution in [0, 0.1) is 11.3 Å². The lowest BCUT2D eigenvalue weighted by Gasteiger charge is -2.16. The first-order valence-corrected chi connectivity index (χ1v) is 6.66. The third-order valence-electron chi connectivity index (χ3n) is 3.63. The maximum Gasteiger partial charge on any atom is 0.119 e. The third-order valence-corrected chi connectivity index (χ3v) is 3.63. The number of dihydropyridines is 1. The van der Waals surface area contributed by atoms with Crippen molar-refractivity contribution >= 4 is 0 Å². The molecule has 3 N–H and O–H groups in total. The number of benzene rings is 1. The highest BCUT2D eigenvalue weighted by atomic mass is 16.5. The fraction of sp³-hybridized carbons (Fsp3) is 0.188. The second kappa shape index (κ2) is 5.25. The number of methoxy groups -OCH3 is 1. The van der Waals surface area contributed by atoms with E-state index < -0.39 is 0 Å². The van der Waals surface area contributed by atoms with E-state index in [0.717, 1.165) is 30.0 Å². The second-order valence-electron chi connectivity index (χ2n) is 5.01. The topological polar surface area (TPSA) is 74.3 Å². The molecule has 0 fully saturated rings. The molecular weight excluding hydrogens is 264 g/mol. The van der Waals surface area contributed by atoms with Gasteiger partial charge in [-0.05, 0) is 23.3 Å². The lowest BCUT2D eigenvalue weighted by molar-refractivity contribution is 0.410. The van der Waals surface area contributed by atoms with E-state index in [1.165, 1.54) is 5.56 Å². The first kappa shape index (κ1) is 13.1. The number of fused-ring (bicyclic) bond motifs is 1. The van der Waals surface area contributed by atoms with Crippen LogP contribution in [-0.2, 0) is 6.54 Å². The summed E-state index contributed by atoms with van der Waals surface area (Å²) in [5, 5.41) is 12.2. The average Bonchev–Trinajstić information content (AvgIpc) is 2.90. The molecule has 0 saturated carbocycles. The first-order chi connectivity index (χ1) is 10.2. The quantitative estimate of drug-likeness (QED) is 0.879. The molecule has 106 valence electrons. The van der Waals surface area contributed by atoms with Crippen LogP contribution < -0.4 is 15.8 Å². The molecular formula is C16H16N4O. The summed E-state index contributed by atoms with van der Waals surface area (Å²) in [6.07, 6.45) is 3.87. The van der Waals surface area contributed by atoms with E-state index >= 15 is 0 Å². The third kappa shape index (κ3) is 2.43. The van der Waals surface area contributed by atoms with Gasteiger partial charge in [-0.1, -0.05) is 12.1 Å². The molecule has 2 heterocycles. The molecule has 5 heteroatoms. The summed E-state index contributed by atoms with van der Waals surface area (Å²) in [4.78, 5) is 2.17. The highest BCUT2D eigenvalue weighted by Gasteiger charge is 2.25. The van der Waals surface area contributed by atoms with E-state index in [1.807, 2.05) is 36.7 Å². The Hall–Kier alpha value is -2.87. The van der Waals surface area contributed by atoms with Crippen LogP contribution in [0.1, 0.15) is 5.56 Å². The summed E-state index contributed by atoms with van der Waals surface area (Å²) in [6.45, 7) is 1.55. The predicted molar refractivity (Wildman–Crippen MR) is 79.5 cm³/mol. The van der Waals surface area contributed by atoms with Crippen LogP contribution in [-0.4, -0.2) is 18.6 Å². The van der Waals surface area contributed by atoms with Crippen molar-refractivity contribution < 1.29 is 4.74 Å². The number of nitrogens with one attached hydrogen (secondary N) is 1. The molecule has 0 atom stereocenters. The Morgan fingerprint density at radius 3 is 2.81 bits per heavy atom. The number of nitriles is 1. The highest BCUT2D eigenvalue weighted by Crippen LogP contribution is 2.30. The van der Waals surface area contributed by atoms with Crippen molar-refractivity contribution in [3.8, 4) is 11.8 Å². The van der Waals surface area contributed by atoms with Gasteiger partial charge >= 0.3 is 0 Å². The molecule has 5 nitrogen and oxygen atoms in total. The SMILES string of the molecule is COc1ccc(CN2C=C3C(=CNC(N)=C3C#N)C2)cc1. The molecule has 1 aromatic rings. The zero-order valence-electron chi connectivity index (χ0n) is 11.8. The zero-order valence-corrected chi connectivity index (χ0v) is 11.8. The summed E-state index contributed by atoms with van der Waals surface area (Å²) in [5.74, 6) is 1.26. The molecule has 0 aliphatic carbocycles. The Kier molecular flexibility index (Phi) is 3.28. The molecule has 0 bridgehead atoms. The molecule has 0 amide bonds. The van der Waals surface area contributed by atoms with Crippen molar-refractivity contribution in [1.82, 2.24) is 10.2 Å². The van der Waals surface area contributed by atoms with Crippen LogP contribution >= 0.6 is 0 Å². The van der Waals surface area contributed by atoms with Crippen molar-refractivity contribution in [2.75, 3.05) is 13.7 Å². The summed E-state index contributed by atoms with van der Waals surface area (Å²) >= 11 is 0. The van der Waals surface area contributed by atoms with Gasteiger partial charge in [0.25, 0.3) is 0 Å². The highest BCUT2D eigenvalue weighted by molar-refractivity contribution is 5.59. The minimum atomic E-state index is 0.416. The zero-order chi connectivity index (χ0) is 14.8. The molecule has 21 heavy (non-hydrogen) atoms. The van der Waals surface area contributed by atoms with Gasteiger partial charge in [-0.15, -0.1) is 0 Å². The molecule has 3 rings (SSSR count). The fourth-order valence-electron chi connectivity index (χ4n) is 2.53. The number of nitrogens with two attached hydrogens (primary N) is 1. The average molecular weight is 280 g/mol. The smallest absolute Gasteiger partial charge is 0.119 e. The van der Waals surface area contributed by atoms with Crippen LogP contribution in [0.25, 0.3) is 0 Å². The summed E-state index contributed by atoms with van der Waals surface area (Å²) in [5.41, 5.74) is 9.52. The molecule has 0 radical (unpaired) electrons. The van der Waals surface area contributed by atoms with Crippen molar-refractivity contribution in [1.29, 1.82) is 5.26 Å². The Morgan fingerprint density at radius 1 is 1.38 bits per heavy atom. The Balaban J connectivity index is 1.79. The van der Waals surface area contributed by atoms with E-state index in [9.17, 15) is 5.26 Å². The van der Waals surface area contributed by atoms with Gasteiger partial charge in [-0.3, -0.25) is 0 Å². The largest absolute Gasteiger partial charge is 0.497 e. The molecule has 0 unspecified atom stereocenters. The van der Waals surface area contributed by atoms with Gasteiger partial charge in [0, 0.05) is 31.1 Å². The van der Waals surface area contributed by atoms with E-state index in [0.29, 0.717) is 11.4 Å². The fourth-order valence-corrected chi connectivity index (χ4v) is 2.53. The number of hydrogen-bond acceptors (Lipinski definition) is 5. The molecule has 0 spiro atoms. The van der Waals surface area contributed by atoms with Crippen LogP contribution in [0.3, 0.4) is 0 Å². The summed E-state index contributed by atoms with van der Waals surface area (Å²) in [6, 6.07) is 10.1. The number of allylic oxidation sites excluding steroid dienone is 1. The standard InChI is InChI=1S/C16H16N4O/c1-21-13-4-2-11(3-5-13)8-20-9-12-7-19-16(18)14(6-17)15(12)10-20/h2-5,7,10,19H,8-9,18H2,1H3. The van der Waals surface area contributed by atoms with Crippen LogP contribution in [0.15, 0.2) is 59.2 Å². The Morgan fingerprint density at radius 2 is 2.14 bits per heavy atom. The van der Waals surface area contributed by atoms with Gasteiger partial charge in [0.2, 0.25) is 0 Å². The second-order valence-corrected chi connectivity index (χ2v) is 5.01. The lowest BCUT2D eigenvalue weighted by atomic mass is 10.0. The number of ether oxygens (including phenoxy) is 1. The van der Waals surface area contributed by atoms with Crippen molar-refractivity contribution in [3.63, 3.8) is 0 Å². The van der Waals surface area contributed by atoms with Crippen molar-refractivity contribution in [2.45, 2.75) is 6.54 Å². The lowest BCUT2D eigenvalue weighted by Crippen LogP contribution is -2.22. The Bertz CT molecular complexity index is 692. The monoisotopic (exact) mass is 280 g/mol. The van der Waals surface area contributed by atoms with Gasteiger partial charge in [-0.2, -0.15) is 5.26 Å². The van der Waals surface area contributed by atoms with E-state index in [4.69, 9.17) is 10.5 Å². The molecule has 0 aromatic heterocycles. The minimum absolute atomic E-state index is 0.416. The van der Waals surface area contributed by atoms with Gasteiger partial charge in [0.15, 0.2) is 0 Å². The van der Waals surface area contributed by atoms with Gasteiger partial charge in [0.05, 0.1) is 7.11 Å². The van der Waals surface area contributed by atoms with E-state index in [2.05, 4.69) is 16.3 Å². The predicted octanol–water partition coefficient (Wildman–Crippen LogP) is 1.58. The molecule has 2 aliphatic heterocycles. The molecule has 0 saturated heterocycles. The van der Waals surface area contributed by atoms with Crippen molar-refractivity contribution in [2.24, 2.45) is 5.73 Å². The normalized spacial score (nSPS) is 16.7. The Labute approximate surface area is 123 Å². The van der Waals surface area contributed by atoms with E-state index in [-0.39, 0.29) is 0 Å². The molecule has 2 aliphatic rings. The maximum atomic E-state index is 9.21. The van der Waals surface area contributed by atoms with Gasteiger partial charge < -0.3 is 20.7 Å². The minimum Gasteiger partial charge on any atom is -0.497 e. The first-order valence-electron chi connectivity index (χ1n) is 6.66. The van der Waals surface area contributed by atoms with Crippen LogP contribution in [0.2, 0.25) is 0 Å². The summed E-state index contributed by atoms with van der Waals surface area (Å²) < 4.78 is 5.16. The number of nitrogens with zero attached hydrogens (tertiary/aromatic N) is 2. The van der Waals surface area contributed by atoms with Crippen LogP contribution in [0.4, 0.5) is 0 Å². The van der Waals surface area contributed by atoms with Crippen molar-refractivity contribution in [3.05, 3.63) is 64.8 Å². The number of hydrogen-bond donors (Lipinski definition) is 2. The number of rotatable bonds is 3. The van der Waals surface area contributed by atoms with E-state index in [1.54, 1.807) is 7.11 Å². The van der Waals surface area contributed by atoms with Gasteiger partial charge in [0.1, 0.15) is 23.2 Å². The summed E-state index contributed by atoms with van der Waals surface area (Å²) in [7, 11) is 1.66. The van der Waals surface area contributed by atoms with Crippen LogP contribution in [0.5, 0.6) is 5.75 Å². The maximum absolute atomic E-state index is 9.21.